The molecule has 1 aliphatic carbocycles. The van der Waals surface area contributed by atoms with E-state index in [1.807, 2.05) is 23.1 Å². The second kappa shape index (κ2) is 7.45. The SMILES string of the molecule is O=C(CN(Cc1ccccc1)CC1(O)CCCC1)N1CCCC1. The van der Waals surface area contributed by atoms with Crippen LogP contribution >= 0.6 is 0 Å². The Morgan fingerprint density at radius 3 is 2.39 bits per heavy atom. The fourth-order valence-corrected chi connectivity index (χ4v) is 3.87. The molecule has 0 atom stereocenters. The summed E-state index contributed by atoms with van der Waals surface area (Å²) in [6.07, 6.45) is 6.14. The number of likely N-dealkylation sites (tertiary alicyclic amines) is 1. The molecule has 1 aromatic carbocycles. The molecule has 23 heavy (non-hydrogen) atoms. The van der Waals surface area contributed by atoms with Crippen molar-refractivity contribution < 1.29 is 9.90 Å². The molecule has 0 unspecified atom stereocenters. The third-order valence-corrected chi connectivity index (χ3v) is 5.12. The highest BCUT2D eigenvalue weighted by atomic mass is 16.3. The minimum atomic E-state index is -0.611. The van der Waals surface area contributed by atoms with Crippen molar-refractivity contribution >= 4 is 5.91 Å². The Kier molecular flexibility index (Phi) is 5.34. The second-order valence-corrected chi connectivity index (χ2v) is 7.15. The average molecular weight is 316 g/mol. The van der Waals surface area contributed by atoms with Gasteiger partial charge in [0.25, 0.3) is 0 Å². The van der Waals surface area contributed by atoms with Gasteiger partial charge >= 0.3 is 0 Å². The van der Waals surface area contributed by atoms with E-state index in [-0.39, 0.29) is 5.91 Å². The summed E-state index contributed by atoms with van der Waals surface area (Å²) in [5, 5.41) is 10.8. The minimum absolute atomic E-state index is 0.208. The maximum Gasteiger partial charge on any atom is 0.236 e. The predicted octanol–water partition coefficient (Wildman–Crippen LogP) is 2.42. The summed E-state index contributed by atoms with van der Waals surface area (Å²) >= 11 is 0. The summed E-state index contributed by atoms with van der Waals surface area (Å²) in [5.41, 5.74) is 0.586. The molecular weight excluding hydrogens is 288 g/mol. The second-order valence-electron chi connectivity index (χ2n) is 7.15. The molecule has 3 rings (SSSR count). The number of nitrogens with zero attached hydrogens (tertiary/aromatic N) is 2. The average Bonchev–Trinajstić information content (AvgIpc) is 3.20. The van der Waals surface area contributed by atoms with Gasteiger partial charge in [0.2, 0.25) is 5.91 Å². The molecule has 2 aliphatic rings. The highest BCUT2D eigenvalue weighted by molar-refractivity contribution is 5.78. The van der Waals surface area contributed by atoms with E-state index in [0.29, 0.717) is 13.1 Å². The number of carbonyl (C=O) groups excluding carboxylic acids is 1. The van der Waals surface area contributed by atoms with Crippen LogP contribution in [0, 0.1) is 0 Å². The molecule has 0 radical (unpaired) electrons. The molecule has 1 aliphatic heterocycles. The van der Waals surface area contributed by atoms with Gasteiger partial charge in [-0.1, -0.05) is 43.2 Å². The molecule has 1 saturated carbocycles. The predicted molar refractivity (Wildman–Crippen MR) is 91.0 cm³/mol. The third kappa shape index (κ3) is 4.55. The van der Waals surface area contributed by atoms with Crippen molar-refractivity contribution in [3.63, 3.8) is 0 Å². The summed E-state index contributed by atoms with van der Waals surface area (Å²) < 4.78 is 0. The molecule has 1 N–H and O–H groups in total. The number of carbonyl (C=O) groups is 1. The van der Waals surface area contributed by atoms with E-state index in [4.69, 9.17) is 0 Å². The largest absolute Gasteiger partial charge is 0.389 e. The first kappa shape index (κ1) is 16.5. The van der Waals surface area contributed by atoms with Gasteiger partial charge in [0.1, 0.15) is 0 Å². The topological polar surface area (TPSA) is 43.8 Å². The first-order chi connectivity index (χ1) is 11.1. The lowest BCUT2D eigenvalue weighted by atomic mass is 10.0. The highest BCUT2D eigenvalue weighted by Gasteiger charge is 2.34. The van der Waals surface area contributed by atoms with Gasteiger partial charge < -0.3 is 10.0 Å². The van der Waals surface area contributed by atoms with Crippen molar-refractivity contribution in [2.24, 2.45) is 0 Å². The van der Waals surface area contributed by atoms with Crippen LogP contribution in [0.5, 0.6) is 0 Å². The lowest BCUT2D eigenvalue weighted by Gasteiger charge is -2.32. The summed E-state index contributed by atoms with van der Waals surface area (Å²) in [6, 6.07) is 10.2. The third-order valence-electron chi connectivity index (χ3n) is 5.12. The van der Waals surface area contributed by atoms with Crippen LogP contribution in [-0.4, -0.2) is 52.6 Å². The number of aliphatic hydroxyl groups is 1. The summed E-state index contributed by atoms with van der Waals surface area (Å²) in [6.45, 7) is 3.52. The van der Waals surface area contributed by atoms with Gasteiger partial charge in [0.05, 0.1) is 12.1 Å². The van der Waals surface area contributed by atoms with Crippen LogP contribution < -0.4 is 0 Å². The van der Waals surface area contributed by atoms with Crippen LogP contribution in [0.4, 0.5) is 0 Å². The standard InChI is InChI=1S/C19H28N2O2/c22-18(21-12-6-7-13-21)15-20(14-17-8-2-1-3-9-17)16-19(23)10-4-5-11-19/h1-3,8-9,23H,4-7,10-16H2. The summed E-state index contributed by atoms with van der Waals surface area (Å²) in [4.78, 5) is 16.6. The zero-order chi connectivity index (χ0) is 16.1. The molecule has 4 nitrogen and oxygen atoms in total. The smallest absolute Gasteiger partial charge is 0.236 e. The van der Waals surface area contributed by atoms with Crippen LogP contribution in [0.25, 0.3) is 0 Å². The van der Waals surface area contributed by atoms with E-state index in [0.717, 1.165) is 58.2 Å². The van der Waals surface area contributed by atoms with E-state index in [1.54, 1.807) is 0 Å². The van der Waals surface area contributed by atoms with Crippen molar-refractivity contribution in [3.8, 4) is 0 Å². The van der Waals surface area contributed by atoms with Gasteiger partial charge in [-0.2, -0.15) is 0 Å². The lowest BCUT2D eigenvalue weighted by molar-refractivity contribution is -0.132. The Morgan fingerprint density at radius 1 is 1.09 bits per heavy atom. The Morgan fingerprint density at radius 2 is 1.74 bits per heavy atom. The molecule has 4 heteroatoms. The molecule has 1 amide bonds. The van der Waals surface area contributed by atoms with Gasteiger partial charge in [-0.05, 0) is 31.2 Å². The van der Waals surface area contributed by atoms with E-state index in [9.17, 15) is 9.90 Å². The van der Waals surface area contributed by atoms with Crippen LogP contribution in [0.15, 0.2) is 30.3 Å². The number of hydrogen-bond acceptors (Lipinski definition) is 3. The number of hydrogen-bond donors (Lipinski definition) is 1. The van der Waals surface area contributed by atoms with Crippen LogP contribution in [-0.2, 0) is 11.3 Å². The van der Waals surface area contributed by atoms with E-state index in [1.165, 1.54) is 5.56 Å². The molecule has 0 bridgehead atoms. The van der Waals surface area contributed by atoms with Crippen molar-refractivity contribution in [1.82, 2.24) is 9.80 Å². The van der Waals surface area contributed by atoms with Gasteiger partial charge in [-0.15, -0.1) is 0 Å². The van der Waals surface area contributed by atoms with Crippen molar-refractivity contribution in [1.29, 1.82) is 0 Å². The molecule has 1 heterocycles. The monoisotopic (exact) mass is 316 g/mol. The molecule has 2 fully saturated rings. The van der Waals surface area contributed by atoms with Crippen LogP contribution in [0.2, 0.25) is 0 Å². The highest BCUT2D eigenvalue weighted by Crippen LogP contribution is 2.30. The summed E-state index contributed by atoms with van der Waals surface area (Å²) in [5.74, 6) is 0.208. The fourth-order valence-electron chi connectivity index (χ4n) is 3.87. The van der Waals surface area contributed by atoms with Crippen LogP contribution in [0.1, 0.15) is 44.1 Å². The van der Waals surface area contributed by atoms with E-state index < -0.39 is 5.60 Å². The maximum atomic E-state index is 12.5. The first-order valence-electron chi connectivity index (χ1n) is 8.91. The maximum absolute atomic E-state index is 12.5. The molecule has 126 valence electrons. The van der Waals surface area contributed by atoms with Gasteiger partial charge in [0.15, 0.2) is 0 Å². The van der Waals surface area contributed by atoms with E-state index in [2.05, 4.69) is 17.0 Å². The number of benzene rings is 1. The van der Waals surface area contributed by atoms with Gasteiger partial charge in [-0.25, -0.2) is 0 Å². The molecule has 0 aromatic heterocycles. The quantitative estimate of drug-likeness (QED) is 0.876. The molecule has 1 aromatic rings. The zero-order valence-electron chi connectivity index (χ0n) is 13.9. The Labute approximate surface area is 139 Å². The summed E-state index contributed by atoms with van der Waals surface area (Å²) in [7, 11) is 0. The van der Waals surface area contributed by atoms with Gasteiger partial charge in [-0.3, -0.25) is 9.69 Å². The van der Waals surface area contributed by atoms with Crippen molar-refractivity contribution in [2.45, 2.75) is 50.7 Å². The Bertz CT molecular complexity index is 505. The zero-order valence-corrected chi connectivity index (χ0v) is 13.9. The van der Waals surface area contributed by atoms with Crippen LogP contribution in [0.3, 0.4) is 0 Å². The van der Waals surface area contributed by atoms with E-state index >= 15 is 0 Å². The Hall–Kier alpha value is -1.39. The minimum Gasteiger partial charge on any atom is -0.389 e. The normalized spacial score (nSPS) is 20.3. The van der Waals surface area contributed by atoms with Crippen molar-refractivity contribution in [2.75, 3.05) is 26.2 Å². The fraction of sp³-hybridized carbons (Fsp3) is 0.632. The molecule has 1 saturated heterocycles. The molecule has 0 spiro atoms. The lowest BCUT2D eigenvalue weighted by Crippen LogP contribution is -2.45. The van der Waals surface area contributed by atoms with Gasteiger partial charge in [0, 0.05) is 26.2 Å². The first-order valence-corrected chi connectivity index (χ1v) is 8.91. The Balaban J connectivity index is 1.65. The van der Waals surface area contributed by atoms with Crippen molar-refractivity contribution in [3.05, 3.63) is 35.9 Å². The number of rotatable bonds is 6. The number of amides is 1. The molecular formula is C19H28N2O2.